The number of methoxy groups -OCH3 is 1. The molecule has 0 aromatic carbocycles. The van der Waals surface area contributed by atoms with Crippen LogP contribution in [-0.2, 0) is 4.74 Å². The Kier molecular flexibility index (Phi) is 5.27. The highest BCUT2D eigenvalue weighted by Crippen LogP contribution is 2.28. The number of ether oxygens (including phenoxy) is 1. The molecule has 23 heavy (non-hydrogen) atoms. The largest absolute Gasteiger partial charge is 0.381 e. The summed E-state index contributed by atoms with van der Waals surface area (Å²) in [6, 6.07) is 1.83. The van der Waals surface area contributed by atoms with Crippen LogP contribution in [0.2, 0.25) is 0 Å². The lowest BCUT2D eigenvalue weighted by Gasteiger charge is -2.35. The van der Waals surface area contributed by atoms with Gasteiger partial charge in [0, 0.05) is 58.1 Å². The van der Waals surface area contributed by atoms with Crippen LogP contribution in [-0.4, -0.2) is 66.8 Å². The first-order chi connectivity index (χ1) is 11.3. The van der Waals surface area contributed by atoms with Crippen molar-refractivity contribution in [1.29, 1.82) is 0 Å². The number of piperazine rings is 1. The monoisotopic (exact) mass is 318 g/mol. The van der Waals surface area contributed by atoms with Gasteiger partial charge in [-0.1, -0.05) is 6.42 Å². The second kappa shape index (κ2) is 7.59. The van der Waals surface area contributed by atoms with E-state index in [1.165, 1.54) is 12.8 Å². The minimum absolute atomic E-state index is 0.346. The van der Waals surface area contributed by atoms with Crippen LogP contribution >= 0.6 is 0 Å². The first-order valence-corrected chi connectivity index (χ1v) is 8.37. The van der Waals surface area contributed by atoms with Crippen LogP contribution in [0.25, 0.3) is 0 Å². The molecule has 1 aromatic heterocycles. The van der Waals surface area contributed by atoms with Gasteiger partial charge in [0.25, 0.3) is 0 Å². The molecular weight excluding hydrogens is 292 g/mol. The summed E-state index contributed by atoms with van der Waals surface area (Å²) in [5.74, 6) is 1.95. The summed E-state index contributed by atoms with van der Waals surface area (Å²) < 4.78 is 5.52. The maximum absolute atomic E-state index is 6.18. The van der Waals surface area contributed by atoms with Crippen molar-refractivity contribution in [2.45, 2.75) is 25.4 Å². The van der Waals surface area contributed by atoms with E-state index < -0.39 is 0 Å². The quantitative estimate of drug-likeness (QED) is 0.651. The molecule has 0 radical (unpaired) electrons. The zero-order chi connectivity index (χ0) is 16.1. The third kappa shape index (κ3) is 3.90. The fourth-order valence-electron chi connectivity index (χ4n) is 3.42. The van der Waals surface area contributed by atoms with E-state index in [2.05, 4.69) is 24.8 Å². The number of aromatic nitrogens is 2. The van der Waals surface area contributed by atoms with Gasteiger partial charge in [0.1, 0.15) is 0 Å². The summed E-state index contributed by atoms with van der Waals surface area (Å²) in [5, 5.41) is 0. The molecule has 2 unspecified atom stereocenters. The zero-order valence-electron chi connectivity index (χ0n) is 13.8. The van der Waals surface area contributed by atoms with Crippen molar-refractivity contribution in [3.8, 4) is 0 Å². The van der Waals surface area contributed by atoms with Gasteiger partial charge in [0.05, 0.1) is 6.10 Å². The Labute approximate surface area is 137 Å². The number of nitrogens with zero attached hydrogens (tertiary/aromatic N) is 5. The Balaban J connectivity index is 1.50. The van der Waals surface area contributed by atoms with E-state index >= 15 is 0 Å². The fraction of sp³-hybridized carbons (Fsp3) is 0.688. The molecule has 1 aliphatic carbocycles. The molecule has 1 aromatic rings. The molecule has 0 bridgehead atoms. The summed E-state index contributed by atoms with van der Waals surface area (Å²) in [6.07, 6.45) is 7.46. The van der Waals surface area contributed by atoms with Crippen molar-refractivity contribution in [1.82, 2.24) is 14.9 Å². The average Bonchev–Trinajstić information content (AvgIpc) is 3.08. The van der Waals surface area contributed by atoms with Crippen molar-refractivity contribution in [3.05, 3.63) is 18.5 Å². The lowest BCUT2D eigenvalue weighted by atomic mass is 10.1. The normalized spacial score (nSPS) is 25.9. The van der Waals surface area contributed by atoms with E-state index in [-0.39, 0.29) is 0 Å². The highest BCUT2D eigenvalue weighted by atomic mass is 16.5. The van der Waals surface area contributed by atoms with E-state index in [1.54, 1.807) is 19.5 Å². The number of nitrogens with two attached hydrogens (primary N) is 1. The average molecular weight is 318 g/mol. The van der Waals surface area contributed by atoms with Crippen LogP contribution in [0.5, 0.6) is 0 Å². The van der Waals surface area contributed by atoms with Crippen LogP contribution < -0.4 is 10.6 Å². The second-order valence-electron chi connectivity index (χ2n) is 6.19. The van der Waals surface area contributed by atoms with E-state index in [0.717, 1.165) is 45.1 Å². The number of hydrogen-bond donors (Lipinski definition) is 1. The number of hydrogen-bond acceptors (Lipinski definition) is 5. The summed E-state index contributed by atoms with van der Waals surface area (Å²) in [6.45, 7) is 4.21. The van der Waals surface area contributed by atoms with Gasteiger partial charge in [-0.25, -0.2) is 9.97 Å². The molecule has 2 N–H and O–H groups in total. The highest BCUT2D eigenvalue weighted by molar-refractivity contribution is 5.78. The summed E-state index contributed by atoms with van der Waals surface area (Å²) in [4.78, 5) is 17.5. The SMILES string of the molecule is COC1CCCC1CN=C(N)N1CCN(c2ncccn2)CC1. The van der Waals surface area contributed by atoms with Crippen LogP contribution in [0.1, 0.15) is 19.3 Å². The third-order valence-electron chi connectivity index (χ3n) is 4.82. The highest BCUT2D eigenvalue weighted by Gasteiger charge is 2.27. The molecule has 7 nitrogen and oxygen atoms in total. The van der Waals surface area contributed by atoms with Crippen LogP contribution in [0.15, 0.2) is 23.5 Å². The standard InChI is InChI=1S/C16H26N6O/c1-23-14-5-2-4-13(14)12-20-15(17)21-8-10-22(11-9-21)16-18-6-3-7-19-16/h3,6-7,13-14H,2,4-5,8-12H2,1H3,(H2,17,20). The topological polar surface area (TPSA) is 79.9 Å². The van der Waals surface area contributed by atoms with Gasteiger partial charge in [-0.3, -0.25) is 4.99 Å². The van der Waals surface area contributed by atoms with Crippen molar-refractivity contribution >= 4 is 11.9 Å². The molecule has 1 saturated heterocycles. The molecule has 1 saturated carbocycles. The minimum atomic E-state index is 0.346. The molecule has 0 spiro atoms. The fourth-order valence-corrected chi connectivity index (χ4v) is 3.42. The molecule has 2 heterocycles. The summed E-state index contributed by atoms with van der Waals surface area (Å²) >= 11 is 0. The van der Waals surface area contributed by atoms with Crippen molar-refractivity contribution < 1.29 is 4.74 Å². The molecular formula is C16H26N6O. The van der Waals surface area contributed by atoms with E-state index in [4.69, 9.17) is 10.5 Å². The van der Waals surface area contributed by atoms with Crippen molar-refractivity contribution in [2.75, 3.05) is 44.7 Å². The predicted octanol–water partition coefficient (Wildman–Crippen LogP) is 0.728. The van der Waals surface area contributed by atoms with Crippen molar-refractivity contribution in [3.63, 3.8) is 0 Å². The van der Waals surface area contributed by atoms with Gasteiger partial charge in [0.15, 0.2) is 5.96 Å². The Morgan fingerprint density at radius 3 is 2.70 bits per heavy atom. The molecule has 2 fully saturated rings. The molecule has 0 amide bonds. The third-order valence-corrected chi connectivity index (χ3v) is 4.82. The molecule has 126 valence electrons. The lowest BCUT2D eigenvalue weighted by molar-refractivity contribution is 0.0742. The number of aliphatic imine (C=N–C) groups is 1. The first-order valence-electron chi connectivity index (χ1n) is 8.37. The summed E-state index contributed by atoms with van der Waals surface area (Å²) in [5.41, 5.74) is 6.18. The minimum Gasteiger partial charge on any atom is -0.381 e. The Hall–Kier alpha value is -1.89. The predicted molar refractivity (Wildman–Crippen MR) is 90.4 cm³/mol. The Morgan fingerprint density at radius 2 is 2.00 bits per heavy atom. The molecule has 1 aliphatic heterocycles. The second-order valence-corrected chi connectivity index (χ2v) is 6.19. The van der Waals surface area contributed by atoms with Gasteiger partial charge < -0.3 is 20.3 Å². The molecule has 2 atom stereocenters. The van der Waals surface area contributed by atoms with Gasteiger partial charge >= 0.3 is 0 Å². The van der Waals surface area contributed by atoms with Crippen LogP contribution in [0.4, 0.5) is 5.95 Å². The van der Waals surface area contributed by atoms with Crippen molar-refractivity contribution in [2.24, 2.45) is 16.6 Å². The smallest absolute Gasteiger partial charge is 0.225 e. The lowest BCUT2D eigenvalue weighted by Crippen LogP contribution is -2.51. The van der Waals surface area contributed by atoms with Gasteiger partial charge in [-0.15, -0.1) is 0 Å². The molecule has 2 aliphatic rings. The zero-order valence-corrected chi connectivity index (χ0v) is 13.8. The van der Waals surface area contributed by atoms with Crippen LogP contribution in [0, 0.1) is 5.92 Å². The number of anilines is 1. The maximum atomic E-state index is 6.18. The Bertz CT molecular complexity index is 515. The van der Waals surface area contributed by atoms with Gasteiger partial charge in [-0.05, 0) is 18.9 Å². The number of guanidine groups is 1. The molecule has 7 heteroatoms. The van der Waals surface area contributed by atoms with E-state index in [1.807, 2.05) is 6.07 Å². The van der Waals surface area contributed by atoms with E-state index in [0.29, 0.717) is 18.0 Å². The van der Waals surface area contributed by atoms with Gasteiger partial charge in [0.2, 0.25) is 5.95 Å². The summed E-state index contributed by atoms with van der Waals surface area (Å²) in [7, 11) is 1.79. The van der Waals surface area contributed by atoms with Gasteiger partial charge in [-0.2, -0.15) is 0 Å². The first kappa shape index (κ1) is 16.0. The van der Waals surface area contributed by atoms with Crippen LogP contribution in [0.3, 0.4) is 0 Å². The maximum Gasteiger partial charge on any atom is 0.225 e. The Morgan fingerprint density at radius 1 is 1.26 bits per heavy atom. The molecule has 3 rings (SSSR count). The number of rotatable bonds is 4. The van der Waals surface area contributed by atoms with E-state index in [9.17, 15) is 0 Å².